The summed E-state index contributed by atoms with van der Waals surface area (Å²) in [6.45, 7) is 3.88. The molecule has 3 nitrogen and oxygen atoms in total. The summed E-state index contributed by atoms with van der Waals surface area (Å²) in [6, 6.07) is 10.0. The van der Waals surface area contributed by atoms with Gasteiger partial charge in [-0.3, -0.25) is 4.68 Å². The number of aliphatic hydroxyl groups is 1. The Hall–Kier alpha value is -1.32. The smallest absolute Gasteiger partial charge is 0.0848 e. The molecule has 0 radical (unpaired) electrons. The van der Waals surface area contributed by atoms with Gasteiger partial charge in [-0.1, -0.05) is 48.9 Å². The first-order chi connectivity index (χ1) is 9.45. The van der Waals surface area contributed by atoms with Crippen molar-refractivity contribution in [3.63, 3.8) is 0 Å². The average molecular weight is 293 g/mol. The van der Waals surface area contributed by atoms with Crippen LogP contribution in [0.1, 0.15) is 30.3 Å². The quantitative estimate of drug-likeness (QED) is 0.918. The lowest BCUT2D eigenvalue weighted by atomic mass is 9.87. The van der Waals surface area contributed by atoms with E-state index in [1.54, 1.807) is 4.68 Å². The fraction of sp³-hybridized carbons (Fsp3) is 0.438. The third-order valence-electron chi connectivity index (χ3n) is 3.79. The van der Waals surface area contributed by atoms with Gasteiger partial charge in [0.25, 0.3) is 0 Å². The third kappa shape index (κ3) is 3.22. The van der Waals surface area contributed by atoms with Gasteiger partial charge < -0.3 is 5.11 Å². The molecule has 108 valence electrons. The summed E-state index contributed by atoms with van der Waals surface area (Å²) < 4.78 is 1.77. The maximum absolute atomic E-state index is 10.9. The van der Waals surface area contributed by atoms with Crippen LogP contribution in [-0.2, 0) is 19.9 Å². The normalized spacial score (nSPS) is 14.2. The lowest BCUT2D eigenvalue weighted by Gasteiger charge is -2.27. The topological polar surface area (TPSA) is 38.1 Å². The monoisotopic (exact) mass is 292 g/mol. The highest BCUT2D eigenvalue weighted by Crippen LogP contribution is 2.27. The number of nitrogens with zero attached hydrogens (tertiary/aromatic N) is 2. The van der Waals surface area contributed by atoms with Crippen LogP contribution in [0.15, 0.2) is 30.3 Å². The Morgan fingerprint density at radius 3 is 2.40 bits per heavy atom. The molecule has 4 heteroatoms. The lowest BCUT2D eigenvalue weighted by Crippen LogP contribution is -2.34. The van der Waals surface area contributed by atoms with Crippen LogP contribution in [-0.4, -0.2) is 20.5 Å². The van der Waals surface area contributed by atoms with Gasteiger partial charge in [0, 0.05) is 19.9 Å². The Kier molecular flexibility index (Phi) is 4.51. The van der Waals surface area contributed by atoms with Gasteiger partial charge in [0.2, 0.25) is 0 Å². The Morgan fingerprint density at radius 1 is 1.25 bits per heavy atom. The van der Waals surface area contributed by atoms with Crippen LogP contribution in [0.3, 0.4) is 0 Å². The van der Waals surface area contributed by atoms with E-state index in [-0.39, 0.29) is 0 Å². The van der Waals surface area contributed by atoms with Crippen LogP contribution in [0.25, 0.3) is 0 Å². The van der Waals surface area contributed by atoms with Crippen molar-refractivity contribution in [1.29, 1.82) is 0 Å². The van der Waals surface area contributed by atoms with E-state index in [1.807, 2.05) is 51.2 Å². The molecule has 2 aromatic rings. The molecule has 0 amide bonds. The van der Waals surface area contributed by atoms with E-state index in [2.05, 4.69) is 5.10 Å². The predicted octanol–water partition coefficient (Wildman–Crippen LogP) is 3.31. The number of benzene rings is 1. The van der Waals surface area contributed by atoms with E-state index in [0.717, 1.165) is 17.0 Å². The Labute approximate surface area is 125 Å². The zero-order valence-electron chi connectivity index (χ0n) is 12.2. The van der Waals surface area contributed by atoms with E-state index < -0.39 is 5.60 Å². The van der Waals surface area contributed by atoms with E-state index >= 15 is 0 Å². The zero-order valence-corrected chi connectivity index (χ0v) is 13.0. The third-order valence-corrected chi connectivity index (χ3v) is 4.28. The standard InChI is InChI=1S/C16H21ClN2O/c1-4-16(20,10-13-8-6-5-7-9-13)11-14-15(17)12(2)18-19(14)3/h5-9,20H,4,10-11H2,1-3H3. The Balaban J connectivity index is 2.23. The molecule has 0 saturated heterocycles. The fourth-order valence-corrected chi connectivity index (χ4v) is 2.70. The number of rotatable bonds is 5. The first kappa shape index (κ1) is 15.1. The van der Waals surface area contributed by atoms with Crippen LogP contribution in [0.5, 0.6) is 0 Å². The molecule has 1 unspecified atom stereocenters. The minimum Gasteiger partial charge on any atom is -0.389 e. The largest absolute Gasteiger partial charge is 0.389 e. The number of hydrogen-bond acceptors (Lipinski definition) is 2. The van der Waals surface area contributed by atoms with E-state index in [9.17, 15) is 5.11 Å². The van der Waals surface area contributed by atoms with Crippen molar-refractivity contribution in [2.75, 3.05) is 0 Å². The molecule has 1 atom stereocenters. The number of halogens is 1. The van der Waals surface area contributed by atoms with Gasteiger partial charge in [-0.25, -0.2) is 0 Å². The molecule has 1 aromatic carbocycles. The molecule has 1 heterocycles. The van der Waals surface area contributed by atoms with Gasteiger partial charge in [-0.2, -0.15) is 5.10 Å². The summed E-state index contributed by atoms with van der Waals surface area (Å²) in [5, 5.41) is 15.9. The van der Waals surface area contributed by atoms with Crippen LogP contribution >= 0.6 is 11.6 Å². The van der Waals surface area contributed by atoms with Gasteiger partial charge in [0.05, 0.1) is 22.0 Å². The van der Waals surface area contributed by atoms with E-state index in [4.69, 9.17) is 11.6 Å². The molecule has 2 rings (SSSR count). The SMILES string of the molecule is CCC(O)(Cc1ccccc1)Cc1c(Cl)c(C)nn1C. The molecule has 0 fully saturated rings. The maximum Gasteiger partial charge on any atom is 0.0848 e. The van der Waals surface area contributed by atoms with Crippen molar-refractivity contribution in [2.24, 2.45) is 7.05 Å². The molecular formula is C16H21ClN2O. The summed E-state index contributed by atoms with van der Waals surface area (Å²) in [5.74, 6) is 0. The Bertz CT molecular complexity index is 580. The van der Waals surface area contributed by atoms with Crippen molar-refractivity contribution in [3.8, 4) is 0 Å². The summed E-state index contributed by atoms with van der Waals surface area (Å²) in [4.78, 5) is 0. The molecule has 1 aromatic heterocycles. The molecule has 0 spiro atoms. The van der Waals surface area contributed by atoms with Gasteiger partial charge in [0.1, 0.15) is 0 Å². The average Bonchev–Trinajstić information content (AvgIpc) is 2.66. The Morgan fingerprint density at radius 2 is 1.90 bits per heavy atom. The highest BCUT2D eigenvalue weighted by atomic mass is 35.5. The van der Waals surface area contributed by atoms with Crippen LogP contribution < -0.4 is 0 Å². The molecule has 0 bridgehead atoms. The maximum atomic E-state index is 10.9. The molecule has 0 aliphatic carbocycles. The molecule has 0 saturated carbocycles. The predicted molar refractivity (Wildman–Crippen MR) is 82.0 cm³/mol. The minimum atomic E-state index is -0.800. The first-order valence-electron chi connectivity index (χ1n) is 6.89. The summed E-state index contributed by atoms with van der Waals surface area (Å²) in [5.41, 5.74) is 2.03. The number of hydrogen-bond donors (Lipinski definition) is 1. The second kappa shape index (κ2) is 5.98. The van der Waals surface area contributed by atoms with Gasteiger partial charge in [-0.05, 0) is 18.9 Å². The van der Waals surface area contributed by atoms with Crippen molar-refractivity contribution in [3.05, 3.63) is 52.3 Å². The van der Waals surface area contributed by atoms with E-state index in [1.165, 1.54) is 0 Å². The summed E-state index contributed by atoms with van der Waals surface area (Å²) in [7, 11) is 1.87. The van der Waals surface area contributed by atoms with Gasteiger partial charge >= 0.3 is 0 Å². The number of aromatic nitrogens is 2. The number of aryl methyl sites for hydroxylation is 2. The van der Waals surface area contributed by atoms with E-state index in [0.29, 0.717) is 24.3 Å². The summed E-state index contributed by atoms with van der Waals surface area (Å²) >= 11 is 6.29. The molecule has 1 N–H and O–H groups in total. The van der Waals surface area contributed by atoms with Crippen molar-refractivity contribution in [2.45, 2.75) is 38.7 Å². The second-order valence-corrected chi connectivity index (χ2v) is 5.76. The molecule has 0 aliphatic rings. The zero-order chi connectivity index (χ0) is 14.8. The molecular weight excluding hydrogens is 272 g/mol. The fourth-order valence-electron chi connectivity index (χ4n) is 2.47. The van der Waals surface area contributed by atoms with Crippen molar-refractivity contribution < 1.29 is 5.11 Å². The van der Waals surface area contributed by atoms with Crippen LogP contribution in [0, 0.1) is 6.92 Å². The van der Waals surface area contributed by atoms with Crippen LogP contribution in [0.2, 0.25) is 5.02 Å². The minimum absolute atomic E-state index is 0.508. The van der Waals surface area contributed by atoms with Crippen molar-refractivity contribution >= 4 is 11.6 Å². The van der Waals surface area contributed by atoms with Gasteiger partial charge in [-0.15, -0.1) is 0 Å². The van der Waals surface area contributed by atoms with Gasteiger partial charge in [0.15, 0.2) is 0 Å². The first-order valence-corrected chi connectivity index (χ1v) is 7.27. The lowest BCUT2D eigenvalue weighted by molar-refractivity contribution is 0.0351. The highest BCUT2D eigenvalue weighted by Gasteiger charge is 2.28. The second-order valence-electron chi connectivity index (χ2n) is 5.39. The molecule has 20 heavy (non-hydrogen) atoms. The molecule has 0 aliphatic heterocycles. The van der Waals surface area contributed by atoms with Crippen molar-refractivity contribution in [1.82, 2.24) is 9.78 Å². The summed E-state index contributed by atoms with van der Waals surface area (Å²) in [6.07, 6.45) is 1.79. The highest BCUT2D eigenvalue weighted by molar-refractivity contribution is 6.31. The van der Waals surface area contributed by atoms with Crippen LogP contribution in [0.4, 0.5) is 0 Å².